The Morgan fingerprint density at radius 3 is 3.17 bits per heavy atom. The second kappa shape index (κ2) is 2.84. The first kappa shape index (κ1) is 7.14. The molecule has 0 saturated carbocycles. The van der Waals surface area contributed by atoms with E-state index in [1.165, 1.54) is 0 Å². The van der Waals surface area contributed by atoms with Crippen LogP contribution >= 0.6 is 0 Å². The Hall–Kier alpha value is -1.53. The quantitative estimate of drug-likeness (QED) is 0.540. The van der Waals surface area contributed by atoms with Gasteiger partial charge in [0.1, 0.15) is 0 Å². The highest BCUT2D eigenvalue weighted by atomic mass is 17.2. The zero-order chi connectivity index (χ0) is 8.39. The van der Waals surface area contributed by atoms with Crippen LogP contribution in [0.2, 0.25) is 0 Å². The van der Waals surface area contributed by atoms with E-state index in [1.54, 1.807) is 12.1 Å². The molecule has 60 valence electrons. The van der Waals surface area contributed by atoms with Crippen molar-refractivity contribution in [3.05, 3.63) is 29.3 Å². The van der Waals surface area contributed by atoms with E-state index < -0.39 is 0 Å². The maximum absolute atomic E-state index is 8.62. The molecule has 12 heavy (non-hydrogen) atoms. The minimum absolute atomic E-state index is 0.557. The van der Waals surface area contributed by atoms with Crippen LogP contribution in [-0.2, 0) is 11.3 Å². The van der Waals surface area contributed by atoms with Crippen molar-refractivity contribution in [2.45, 2.75) is 6.42 Å². The minimum Gasteiger partial charge on any atom is -0.337 e. The smallest absolute Gasteiger partial charge is 0.168 e. The summed E-state index contributed by atoms with van der Waals surface area (Å²) < 4.78 is 0. The molecule has 0 fully saturated rings. The van der Waals surface area contributed by atoms with Gasteiger partial charge in [-0.1, -0.05) is 0 Å². The molecule has 2 rings (SSSR count). The average molecular weight is 161 g/mol. The number of benzene rings is 1. The molecule has 1 aromatic rings. The van der Waals surface area contributed by atoms with Crippen LogP contribution in [0, 0.1) is 11.3 Å². The molecule has 1 aliphatic heterocycles. The van der Waals surface area contributed by atoms with Crippen LogP contribution in [0.25, 0.3) is 0 Å². The van der Waals surface area contributed by atoms with Crippen molar-refractivity contribution in [2.75, 3.05) is 6.61 Å². The van der Waals surface area contributed by atoms with Gasteiger partial charge in [0.25, 0.3) is 0 Å². The van der Waals surface area contributed by atoms with E-state index >= 15 is 0 Å². The predicted octanol–water partition coefficient (Wildman–Crippen LogP) is 1.42. The lowest BCUT2D eigenvalue weighted by molar-refractivity contribution is -0.215. The summed E-state index contributed by atoms with van der Waals surface area (Å²) in [5.41, 5.74) is 1.71. The van der Waals surface area contributed by atoms with Crippen LogP contribution in [0.15, 0.2) is 18.2 Å². The largest absolute Gasteiger partial charge is 0.337 e. The zero-order valence-electron chi connectivity index (χ0n) is 6.41. The molecule has 0 amide bonds. The molecule has 1 heterocycles. The van der Waals surface area contributed by atoms with Gasteiger partial charge in [0.05, 0.1) is 18.2 Å². The summed E-state index contributed by atoms with van der Waals surface area (Å²) >= 11 is 0. The third kappa shape index (κ3) is 1.13. The molecule has 1 aliphatic rings. The van der Waals surface area contributed by atoms with Gasteiger partial charge in [-0.2, -0.15) is 10.1 Å². The first-order valence-electron chi connectivity index (χ1n) is 3.72. The van der Waals surface area contributed by atoms with Crippen LogP contribution in [0.3, 0.4) is 0 Å². The molecule has 0 unspecified atom stereocenters. The van der Waals surface area contributed by atoms with Crippen molar-refractivity contribution in [3.8, 4) is 11.8 Å². The number of fused-ring (bicyclic) bond motifs is 1. The topological polar surface area (TPSA) is 42.2 Å². The van der Waals surface area contributed by atoms with Gasteiger partial charge in [0, 0.05) is 12.0 Å². The third-order valence-corrected chi connectivity index (χ3v) is 1.79. The van der Waals surface area contributed by atoms with Gasteiger partial charge in [-0.3, -0.25) is 0 Å². The first-order valence-corrected chi connectivity index (χ1v) is 3.72. The number of nitriles is 1. The molecule has 3 heteroatoms. The lowest BCUT2D eigenvalue weighted by Crippen LogP contribution is -2.10. The molecular weight excluding hydrogens is 154 g/mol. The van der Waals surface area contributed by atoms with Crippen LogP contribution in [0.1, 0.15) is 11.1 Å². The average Bonchev–Trinajstić information content (AvgIpc) is 2.17. The highest BCUT2D eigenvalue weighted by Crippen LogP contribution is 2.23. The Labute approximate surface area is 70.1 Å². The summed E-state index contributed by atoms with van der Waals surface area (Å²) in [4.78, 5) is 9.70. The zero-order valence-corrected chi connectivity index (χ0v) is 6.41. The Morgan fingerprint density at radius 2 is 2.33 bits per heavy atom. The van der Waals surface area contributed by atoms with Crippen LogP contribution in [-0.4, -0.2) is 6.61 Å². The molecule has 0 aromatic heterocycles. The molecule has 0 aliphatic carbocycles. The van der Waals surface area contributed by atoms with Crippen molar-refractivity contribution >= 4 is 0 Å². The fourth-order valence-electron chi connectivity index (χ4n) is 1.18. The van der Waals surface area contributed by atoms with Gasteiger partial charge < -0.3 is 4.89 Å². The molecule has 0 atom stereocenters. The highest BCUT2D eigenvalue weighted by molar-refractivity contribution is 5.42. The molecule has 1 aromatic carbocycles. The van der Waals surface area contributed by atoms with E-state index in [1.807, 2.05) is 6.07 Å². The van der Waals surface area contributed by atoms with Crippen molar-refractivity contribution in [2.24, 2.45) is 0 Å². The number of nitrogens with zero attached hydrogens (tertiary/aromatic N) is 1. The molecule has 0 spiro atoms. The molecule has 0 N–H and O–H groups in total. The lowest BCUT2D eigenvalue weighted by Gasteiger charge is -2.14. The van der Waals surface area contributed by atoms with E-state index in [2.05, 4.69) is 6.07 Å². The minimum atomic E-state index is 0.557. The number of hydrogen-bond donors (Lipinski definition) is 0. The van der Waals surface area contributed by atoms with E-state index in [-0.39, 0.29) is 0 Å². The Bertz CT molecular complexity index is 341. The van der Waals surface area contributed by atoms with E-state index in [0.717, 1.165) is 17.7 Å². The van der Waals surface area contributed by atoms with Crippen molar-refractivity contribution < 1.29 is 9.78 Å². The van der Waals surface area contributed by atoms with Crippen LogP contribution < -0.4 is 4.89 Å². The summed E-state index contributed by atoms with van der Waals surface area (Å²) in [5.74, 6) is 0.722. The highest BCUT2D eigenvalue weighted by Gasteiger charge is 2.11. The van der Waals surface area contributed by atoms with Gasteiger partial charge in [-0.05, 0) is 18.2 Å². The summed E-state index contributed by atoms with van der Waals surface area (Å²) in [5, 5.41) is 8.62. The van der Waals surface area contributed by atoms with Crippen LogP contribution in [0.4, 0.5) is 0 Å². The summed E-state index contributed by atoms with van der Waals surface area (Å²) in [7, 11) is 0. The van der Waals surface area contributed by atoms with E-state index in [0.29, 0.717) is 12.2 Å². The van der Waals surface area contributed by atoms with Crippen LogP contribution in [0.5, 0.6) is 5.75 Å². The monoisotopic (exact) mass is 161 g/mol. The Balaban J connectivity index is 2.44. The van der Waals surface area contributed by atoms with Crippen molar-refractivity contribution in [3.63, 3.8) is 0 Å². The fourth-order valence-corrected chi connectivity index (χ4v) is 1.18. The molecule has 3 nitrogen and oxygen atoms in total. The Morgan fingerprint density at radius 1 is 1.42 bits per heavy atom. The lowest BCUT2D eigenvalue weighted by atomic mass is 10.1. The summed E-state index contributed by atoms with van der Waals surface area (Å²) in [6, 6.07) is 7.38. The molecule has 0 bridgehead atoms. The number of rotatable bonds is 0. The van der Waals surface area contributed by atoms with Gasteiger partial charge in [-0.25, -0.2) is 0 Å². The summed E-state index contributed by atoms with van der Waals surface area (Å²) in [6.45, 7) is 0.557. The van der Waals surface area contributed by atoms with E-state index in [9.17, 15) is 0 Å². The van der Waals surface area contributed by atoms with E-state index in [4.69, 9.17) is 15.0 Å². The van der Waals surface area contributed by atoms with Gasteiger partial charge in [0.2, 0.25) is 0 Å². The molecule has 0 radical (unpaired) electrons. The first-order chi connectivity index (χ1) is 5.90. The standard InChI is InChI=1S/C9H7NO2/c10-6-7-1-2-9-8(5-7)3-4-11-12-9/h1-2,5H,3-4H2. The second-order valence-corrected chi connectivity index (χ2v) is 2.59. The van der Waals surface area contributed by atoms with Crippen molar-refractivity contribution in [1.82, 2.24) is 0 Å². The van der Waals surface area contributed by atoms with Crippen molar-refractivity contribution in [1.29, 1.82) is 5.26 Å². The predicted molar refractivity (Wildman–Crippen MR) is 41.4 cm³/mol. The van der Waals surface area contributed by atoms with Gasteiger partial charge in [0.15, 0.2) is 5.75 Å². The maximum atomic E-state index is 8.62. The molecule has 0 saturated heterocycles. The normalized spacial score (nSPS) is 14.2. The third-order valence-electron chi connectivity index (χ3n) is 1.79. The number of hydrogen-bond acceptors (Lipinski definition) is 3. The second-order valence-electron chi connectivity index (χ2n) is 2.59. The van der Waals surface area contributed by atoms with Gasteiger partial charge >= 0.3 is 0 Å². The fraction of sp³-hybridized carbons (Fsp3) is 0.222. The Kier molecular flexibility index (Phi) is 1.69. The SMILES string of the molecule is N#Cc1ccc2c(c1)CCOO2. The summed E-state index contributed by atoms with van der Waals surface area (Å²) in [6.07, 6.45) is 0.810. The maximum Gasteiger partial charge on any atom is 0.168 e. The van der Waals surface area contributed by atoms with Gasteiger partial charge in [-0.15, -0.1) is 0 Å². The molecular formula is C9H7NO2.